The van der Waals surface area contributed by atoms with E-state index in [1.165, 1.54) is 6.07 Å². The summed E-state index contributed by atoms with van der Waals surface area (Å²) in [5.41, 5.74) is 4.74. The van der Waals surface area contributed by atoms with Crippen LogP contribution >= 0.6 is 0 Å². The number of benzene rings is 2. The Bertz CT molecular complexity index is 1440. The van der Waals surface area contributed by atoms with Gasteiger partial charge in [-0.1, -0.05) is 48.5 Å². The molecule has 4 aromatic rings. The van der Waals surface area contributed by atoms with E-state index in [2.05, 4.69) is 0 Å². The Morgan fingerprint density at radius 2 is 1.86 bits per heavy atom. The third-order valence-corrected chi connectivity index (χ3v) is 6.41. The van der Waals surface area contributed by atoms with Crippen molar-refractivity contribution in [1.82, 2.24) is 9.38 Å². The number of hydrogen-bond acceptors (Lipinski definition) is 5. The number of aliphatic hydroxyl groups is 1. The zero-order chi connectivity index (χ0) is 24.7. The third-order valence-electron chi connectivity index (χ3n) is 6.41. The number of carbonyl (C=O) groups is 2. The van der Waals surface area contributed by atoms with Gasteiger partial charge in [-0.05, 0) is 61.1 Å². The van der Waals surface area contributed by atoms with Crippen LogP contribution in [0.2, 0.25) is 0 Å². The summed E-state index contributed by atoms with van der Waals surface area (Å²) >= 11 is 0. The normalized spacial score (nSPS) is 14.1. The number of pyridine rings is 1. The molecule has 5 rings (SSSR count). The number of carboxylic acid groups (broad SMARTS) is 1. The number of esters is 1. The molecule has 1 saturated carbocycles. The zero-order valence-electron chi connectivity index (χ0n) is 19.6. The Hall–Kier alpha value is -3.97. The van der Waals surface area contributed by atoms with Gasteiger partial charge < -0.3 is 14.9 Å². The van der Waals surface area contributed by atoms with Crippen molar-refractivity contribution in [2.75, 3.05) is 6.61 Å². The van der Waals surface area contributed by atoms with Gasteiger partial charge in [-0.25, -0.2) is 14.6 Å². The molecule has 178 valence electrons. The van der Waals surface area contributed by atoms with Crippen molar-refractivity contribution in [3.05, 3.63) is 94.4 Å². The largest absolute Gasteiger partial charge is 0.478 e. The second-order valence-corrected chi connectivity index (χ2v) is 8.82. The van der Waals surface area contributed by atoms with E-state index in [4.69, 9.17) is 9.72 Å². The predicted octanol–water partition coefficient (Wildman–Crippen LogP) is 5.14. The molecule has 0 bridgehead atoms. The van der Waals surface area contributed by atoms with E-state index in [0.717, 1.165) is 24.0 Å². The molecule has 2 aromatic carbocycles. The highest BCUT2D eigenvalue weighted by Crippen LogP contribution is 2.42. The minimum atomic E-state index is -1.18. The van der Waals surface area contributed by atoms with Crippen molar-refractivity contribution in [2.24, 2.45) is 0 Å². The number of ether oxygens (including phenoxy) is 1. The van der Waals surface area contributed by atoms with Gasteiger partial charge in [-0.2, -0.15) is 0 Å². The summed E-state index contributed by atoms with van der Waals surface area (Å²) < 4.78 is 7.03. The summed E-state index contributed by atoms with van der Waals surface area (Å²) in [5, 5.41) is 21.4. The first-order valence-corrected chi connectivity index (χ1v) is 11.7. The van der Waals surface area contributed by atoms with E-state index in [-0.39, 0.29) is 18.1 Å². The van der Waals surface area contributed by atoms with Crippen LogP contribution in [0.25, 0.3) is 16.8 Å². The first kappa shape index (κ1) is 22.8. The van der Waals surface area contributed by atoms with Crippen molar-refractivity contribution in [2.45, 2.75) is 38.7 Å². The molecule has 1 unspecified atom stereocenters. The van der Waals surface area contributed by atoms with Crippen LogP contribution in [0, 0.1) is 6.92 Å². The summed E-state index contributed by atoms with van der Waals surface area (Å²) in [6, 6.07) is 17.8. The number of nitrogens with zero attached hydrogens (tertiary/aromatic N) is 2. The Morgan fingerprint density at radius 1 is 1.11 bits per heavy atom. The molecule has 0 amide bonds. The molecule has 1 atom stereocenters. The minimum absolute atomic E-state index is 0.0889. The number of carbonyl (C=O) groups excluding carboxylic acids is 1. The molecule has 0 aliphatic heterocycles. The van der Waals surface area contributed by atoms with Crippen molar-refractivity contribution < 1.29 is 24.5 Å². The SMILES string of the molecule is CCOC(=O)c1c(C2CC2)nc2c(C)ccc(C(O)c3ccc(-c4ccccc4)c(C(=O)O)c3)n12. The van der Waals surface area contributed by atoms with Crippen LogP contribution in [-0.2, 0) is 4.74 Å². The molecule has 0 saturated heterocycles. The Labute approximate surface area is 202 Å². The molecule has 2 heterocycles. The monoisotopic (exact) mass is 470 g/mol. The minimum Gasteiger partial charge on any atom is -0.478 e. The van der Waals surface area contributed by atoms with Gasteiger partial charge in [0.1, 0.15) is 11.8 Å². The summed E-state index contributed by atoms with van der Waals surface area (Å²) in [4.78, 5) is 29.9. The summed E-state index contributed by atoms with van der Waals surface area (Å²) in [6.45, 7) is 3.88. The van der Waals surface area contributed by atoms with Crippen LogP contribution < -0.4 is 0 Å². The fraction of sp³-hybridized carbons (Fsp3) is 0.250. The van der Waals surface area contributed by atoms with Gasteiger partial charge in [0.25, 0.3) is 0 Å². The van der Waals surface area contributed by atoms with E-state index in [9.17, 15) is 19.8 Å². The molecular weight excluding hydrogens is 444 g/mol. The van der Waals surface area contributed by atoms with Gasteiger partial charge in [-0.3, -0.25) is 4.40 Å². The summed E-state index contributed by atoms with van der Waals surface area (Å²) in [5.74, 6) is -1.37. The molecule has 1 aliphatic rings. The number of carboxylic acids is 1. The number of rotatable bonds is 7. The lowest BCUT2D eigenvalue weighted by Crippen LogP contribution is -2.15. The second-order valence-electron chi connectivity index (χ2n) is 8.82. The average Bonchev–Trinajstić information content (AvgIpc) is 3.63. The molecule has 1 fully saturated rings. The lowest BCUT2D eigenvalue weighted by molar-refractivity contribution is 0.0515. The maximum absolute atomic E-state index is 13.0. The van der Waals surface area contributed by atoms with Crippen LogP contribution in [0.1, 0.15) is 75.1 Å². The number of aromatic carboxylic acids is 1. The molecule has 0 spiro atoms. The van der Waals surface area contributed by atoms with Crippen LogP contribution in [0.15, 0.2) is 60.7 Å². The maximum Gasteiger partial charge on any atom is 0.357 e. The Kier molecular flexibility index (Phi) is 5.86. The van der Waals surface area contributed by atoms with Gasteiger partial charge in [0.05, 0.1) is 23.6 Å². The molecule has 1 aliphatic carbocycles. The molecular formula is C28H26N2O5. The lowest BCUT2D eigenvalue weighted by atomic mass is 9.95. The molecule has 0 radical (unpaired) electrons. The fourth-order valence-electron chi connectivity index (χ4n) is 4.51. The van der Waals surface area contributed by atoms with Gasteiger partial charge in [0.15, 0.2) is 5.69 Å². The lowest BCUT2D eigenvalue weighted by Gasteiger charge is -2.18. The Morgan fingerprint density at radius 3 is 2.51 bits per heavy atom. The van der Waals surface area contributed by atoms with Crippen molar-refractivity contribution in [3.8, 4) is 11.1 Å². The first-order valence-electron chi connectivity index (χ1n) is 11.7. The topological polar surface area (TPSA) is 101 Å². The number of aromatic nitrogens is 2. The Balaban J connectivity index is 1.67. The van der Waals surface area contributed by atoms with Crippen LogP contribution in [-0.4, -0.2) is 38.1 Å². The molecule has 2 N–H and O–H groups in total. The highest BCUT2D eigenvalue weighted by atomic mass is 16.5. The van der Waals surface area contributed by atoms with Gasteiger partial charge >= 0.3 is 11.9 Å². The number of aliphatic hydroxyl groups excluding tert-OH is 1. The smallest absolute Gasteiger partial charge is 0.357 e. The van der Waals surface area contributed by atoms with E-state index in [1.54, 1.807) is 29.5 Å². The maximum atomic E-state index is 13.0. The summed E-state index contributed by atoms with van der Waals surface area (Å²) in [7, 11) is 0. The highest BCUT2D eigenvalue weighted by Gasteiger charge is 2.35. The first-order chi connectivity index (χ1) is 16.9. The van der Waals surface area contributed by atoms with E-state index in [1.807, 2.05) is 43.3 Å². The van der Waals surface area contributed by atoms with Crippen LogP contribution in [0.3, 0.4) is 0 Å². The van der Waals surface area contributed by atoms with Crippen LogP contribution in [0.5, 0.6) is 0 Å². The predicted molar refractivity (Wildman–Crippen MR) is 131 cm³/mol. The molecule has 7 nitrogen and oxygen atoms in total. The van der Waals surface area contributed by atoms with Crippen molar-refractivity contribution in [1.29, 1.82) is 0 Å². The number of hydrogen-bond donors (Lipinski definition) is 2. The quantitative estimate of drug-likeness (QED) is 0.363. The fourth-order valence-corrected chi connectivity index (χ4v) is 4.51. The molecule has 35 heavy (non-hydrogen) atoms. The standard InChI is InChI=1S/C28H26N2O5/c1-3-35-28(34)24-23(18-10-11-18)29-26-16(2)9-14-22(30(24)26)25(31)19-12-13-20(21(15-19)27(32)33)17-7-5-4-6-8-17/h4-9,12-15,18,25,31H,3,10-11H2,1-2H3,(H,32,33). The van der Waals surface area contributed by atoms with Gasteiger partial charge in [0.2, 0.25) is 0 Å². The van der Waals surface area contributed by atoms with Crippen molar-refractivity contribution in [3.63, 3.8) is 0 Å². The number of imidazole rings is 1. The molecule has 2 aromatic heterocycles. The number of fused-ring (bicyclic) bond motifs is 1. The average molecular weight is 471 g/mol. The van der Waals surface area contributed by atoms with Gasteiger partial charge in [-0.15, -0.1) is 0 Å². The van der Waals surface area contributed by atoms with E-state index < -0.39 is 18.0 Å². The number of aryl methyl sites for hydroxylation is 1. The highest BCUT2D eigenvalue weighted by molar-refractivity contribution is 5.96. The van der Waals surface area contributed by atoms with Gasteiger partial charge in [0, 0.05) is 5.92 Å². The molecule has 7 heteroatoms. The van der Waals surface area contributed by atoms with Crippen LogP contribution in [0.4, 0.5) is 0 Å². The third kappa shape index (κ3) is 4.08. The van der Waals surface area contributed by atoms with Crippen molar-refractivity contribution >= 4 is 17.6 Å². The summed E-state index contributed by atoms with van der Waals surface area (Å²) in [6.07, 6.45) is 0.724. The second kappa shape index (κ2) is 9.00. The van der Waals surface area contributed by atoms with E-state index in [0.29, 0.717) is 33.9 Å². The zero-order valence-corrected chi connectivity index (χ0v) is 19.6. The van der Waals surface area contributed by atoms with E-state index >= 15 is 0 Å².